The van der Waals surface area contributed by atoms with E-state index in [2.05, 4.69) is 4.90 Å². The molecule has 0 saturated heterocycles. The first-order valence-electron chi connectivity index (χ1n) is 6.77. The van der Waals surface area contributed by atoms with Gasteiger partial charge < -0.3 is 10.6 Å². The maximum Gasteiger partial charge on any atom is 0.226 e. The Morgan fingerprint density at radius 1 is 1.24 bits per heavy atom. The summed E-state index contributed by atoms with van der Waals surface area (Å²) in [5.74, 6) is 2.19. The van der Waals surface area contributed by atoms with Gasteiger partial charge in [-0.1, -0.05) is 18.6 Å². The van der Waals surface area contributed by atoms with Gasteiger partial charge in [-0.25, -0.2) is 0 Å². The van der Waals surface area contributed by atoms with Gasteiger partial charge in [-0.3, -0.25) is 4.79 Å². The van der Waals surface area contributed by atoms with Crippen molar-refractivity contribution in [3.05, 3.63) is 0 Å². The number of carbonyl (C=O) groups excluding carboxylic acids is 1. The molecule has 94 valence electrons. The second kappa shape index (κ2) is 4.23. The van der Waals surface area contributed by atoms with Crippen LogP contribution in [-0.4, -0.2) is 28.4 Å². The van der Waals surface area contributed by atoms with Gasteiger partial charge >= 0.3 is 0 Å². The highest BCUT2D eigenvalue weighted by molar-refractivity contribution is 7.80. The number of nitrogens with two attached hydrogens (primary N) is 1. The van der Waals surface area contributed by atoms with Crippen LogP contribution in [0, 0.1) is 17.8 Å². The van der Waals surface area contributed by atoms with Crippen molar-refractivity contribution in [1.29, 1.82) is 0 Å². The second-order valence-corrected chi connectivity index (χ2v) is 6.29. The Morgan fingerprint density at radius 2 is 1.88 bits per heavy atom. The molecule has 3 fully saturated rings. The Bertz CT molecular complexity index is 343. The lowest BCUT2D eigenvalue weighted by Crippen LogP contribution is -2.37. The lowest BCUT2D eigenvalue weighted by molar-refractivity contribution is -0.133. The standard InChI is InChI=1S/C13H20N2OS/c14-11(17)6-7-15(8-4-5-8)13(16)12-9-2-1-3-10(9)12/h8-10,12H,1-7H2,(H2,14,17). The molecule has 3 aliphatic rings. The summed E-state index contributed by atoms with van der Waals surface area (Å²) in [6, 6.07) is 0.498. The largest absolute Gasteiger partial charge is 0.393 e. The molecule has 3 saturated carbocycles. The van der Waals surface area contributed by atoms with Crippen LogP contribution in [0.5, 0.6) is 0 Å². The predicted molar refractivity (Wildman–Crippen MR) is 70.5 cm³/mol. The van der Waals surface area contributed by atoms with E-state index in [9.17, 15) is 4.79 Å². The lowest BCUT2D eigenvalue weighted by atomic mass is 10.1. The van der Waals surface area contributed by atoms with Gasteiger partial charge in [-0.2, -0.15) is 0 Å². The Labute approximate surface area is 108 Å². The average Bonchev–Trinajstić information content (AvgIpc) is 3.18. The Morgan fingerprint density at radius 3 is 2.41 bits per heavy atom. The molecule has 0 aromatic carbocycles. The van der Waals surface area contributed by atoms with Crippen LogP contribution >= 0.6 is 12.2 Å². The molecule has 17 heavy (non-hydrogen) atoms. The molecule has 4 heteroatoms. The van der Waals surface area contributed by atoms with E-state index < -0.39 is 0 Å². The molecule has 0 radical (unpaired) electrons. The smallest absolute Gasteiger partial charge is 0.226 e. The Hall–Kier alpha value is -0.640. The van der Waals surface area contributed by atoms with E-state index in [1.54, 1.807) is 0 Å². The second-order valence-electron chi connectivity index (χ2n) is 5.76. The van der Waals surface area contributed by atoms with Crippen LogP contribution in [-0.2, 0) is 4.79 Å². The van der Waals surface area contributed by atoms with E-state index in [1.807, 2.05) is 0 Å². The number of carbonyl (C=O) groups is 1. The minimum absolute atomic E-state index is 0.357. The Balaban J connectivity index is 1.59. The zero-order valence-corrected chi connectivity index (χ0v) is 10.9. The third kappa shape index (κ3) is 2.19. The molecule has 2 N–H and O–H groups in total. The molecular formula is C13H20N2OS. The molecule has 1 amide bonds. The predicted octanol–water partition coefficient (Wildman–Crippen LogP) is 1.70. The van der Waals surface area contributed by atoms with Crippen LogP contribution in [0.2, 0.25) is 0 Å². The minimum atomic E-state index is 0.357. The summed E-state index contributed by atoms with van der Waals surface area (Å²) < 4.78 is 0. The fourth-order valence-electron chi connectivity index (χ4n) is 3.47. The third-order valence-electron chi connectivity index (χ3n) is 4.56. The van der Waals surface area contributed by atoms with E-state index in [4.69, 9.17) is 18.0 Å². The number of hydrogen-bond donors (Lipinski definition) is 1. The average molecular weight is 252 g/mol. The summed E-state index contributed by atoms with van der Waals surface area (Å²) in [6.07, 6.45) is 6.90. The molecule has 2 atom stereocenters. The zero-order valence-electron chi connectivity index (χ0n) is 10.1. The van der Waals surface area contributed by atoms with Crippen molar-refractivity contribution in [3.8, 4) is 0 Å². The highest BCUT2D eigenvalue weighted by atomic mass is 32.1. The zero-order chi connectivity index (χ0) is 12.0. The van der Waals surface area contributed by atoms with Gasteiger partial charge in [0, 0.05) is 24.9 Å². The van der Waals surface area contributed by atoms with Crippen molar-refractivity contribution >= 4 is 23.1 Å². The molecule has 0 aromatic rings. The van der Waals surface area contributed by atoms with E-state index in [0.717, 1.165) is 6.54 Å². The van der Waals surface area contributed by atoms with Crippen molar-refractivity contribution < 1.29 is 4.79 Å². The number of rotatable bonds is 5. The van der Waals surface area contributed by atoms with Gasteiger partial charge in [-0.05, 0) is 37.5 Å². The molecule has 3 rings (SSSR count). The minimum Gasteiger partial charge on any atom is -0.393 e. The summed E-state index contributed by atoms with van der Waals surface area (Å²) in [5, 5.41) is 0. The summed E-state index contributed by atoms with van der Waals surface area (Å²) in [7, 11) is 0. The number of thiocarbonyl (C=S) groups is 1. The van der Waals surface area contributed by atoms with E-state index >= 15 is 0 Å². The summed E-state index contributed by atoms with van der Waals surface area (Å²) >= 11 is 4.91. The van der Waals surface area contributed by atoms with E-state index in [-0.39, 0.29) is 0 Å². The van der Waals surface area contributed by atoms with Crippen LogP contribution in [0.15, 0.2) is 0 Å². The number of hydrogen-bond acceptors (Lipinski definition) is 2. The number of nitrogens with zero attached hydrogens (tertiary/aromatic N) is 1. The third-order valence-corrected chi connectivity index (χ3v) is 4.77. The number of fused-ring (bicyclic) bond motifs is 1. The SMILES string of the molecule is NC(=S)CCN(C(=O)C1C2CCCC21)C1CC1. The van der Waals surface area contributed by atoms with Crippen molar-refractivity contribution in [1.82, 2.24) is 4.90 Å². The quantitative estimate of drug-likeness (QED) is 0.758. The first kappa shape index (κ1) is 11.5. The topological polar surface area (TPSA) is 46.3 Å². The first-order chi connectivity index (χ1) is 8.18. The summed E-state index contributed by atoms with van der Waals surface area (Å²) in [6.45, 7) is 0.745. The molecule has 0 aliphatic heterocycles. The normalized spacial score (nSPS) is 34.2. The molecule has 3 nitrogen and oxygen atoms in total. The molecular weight excluding hydrogens is 232 g/mol. The lowest BCUT2D eigenvalue weighted by Gasteiger charge is -2.23. The number of amides is 1. The maximum absolute atomic E-state index is 12.5. The van der Waals surface area contributed by atoms with Gasteiger partial charge in [0.15, 0.2) is 0 Å². The fourth-order valence-corrected chi connectivity index (χ4v) is 3.56. The van der Waals surface area contributed by atoms with Crippen molar-refractivity contribution in [3.63, 3.8) is 0 Å². The molecule has 0 bridgehead atoms. The Kier molecular flexibility index (Phi) is 2.85. The van der Waals surface area contributed by atoms with Gasteiger partial charge in [0.2, 0.25) is 5.91 Å². The van der Waals surface area contributed by atoms with Crippen LogP contribution in [0.1, 0.15) is 38.5 Å². The first-order valence-corrected chi connectivity index (χ1v) is 7.18. The molecule has 3 aliphatic carbocycles. The highest BCUT2D eigenvalue weighted by Crippen LogP contribution is 2.58. The highest BCUT2D eigenvalue weighted by Gasteiger charge is 2.58. The summed E-state index contributed by atoms with van der Waals surface area (Å²) in [4.78, 5) is 15.1. The molecule has 0 spiro atoms. The van der Waals surface area contributed by atoms with Crippen LogP contribution in [0.4, 0.5) is 0 Å². The van der Waals surface area contributed by atoms with E-state index in [0.29, 0.717) is 41.1 Å². The van der Waals surface area contributed by atoms with Gasteiger partial charge in [0.05, 0.1) is 4.99 Å². The molecule has 0 heterocycles. The van der Waals surface area contributed by atoms with Crippen molar-refractivity contribution in [2.75, 3.05) is 6.54 Å². The van der Waals surface area contributed by atoms with Crippen LogP contribution in [0.25, 0.3) is 0 Å². The van der Waals surface area contributed by atoms with Gasteiger partial charge in [0.25, 0.3) is 0 Å². The maximum atomic E-state index is 12.5. The molecule has 0 aromatic heterocycles. The van der Waals surface area contributed by atoms with Crippen molar-refractivity contribution in [2.24, 2.45) is 23.5 Å². The van der Waals surface area contributed by atoms with Gasteiger partial charge in [0.1, 0.15) is 0 Å². The van der Waals surface area contributed by atoms with E-state index in [1.165, 1.54) is 32.1 Å². The summed E-state index contributed by atoms with van der Waals surface area (Å²) in [5.41, 5.74) is 5.54. The fraction of sp³-hybridized carbons (Fsp3) is 0.846. The van der Waals surface area contributed by atoms with Gasteiger partial charge in [-0.15, -0.1) is 0 Å². The van der Waals surface area contributed by atoms with Crippen LogP contribution < -0.4 is 5.73 Å². The molecule has 2 unspecified atom stereocenters. The van der Waals surface area contributed by atoms with Crippen LogP contribution in [0.3, 0.4) is 0 Å². The monoisotopic (exact) mass is 252 g/mol. The van der Waals surface area contributed by atoms with Crippen molar-refractivity contribution in [2.45, 2.75) is 44.6 Å².